The lowest BCUT2D eigenvalue weighted by molar-refractivity contribution is 0.0952. The summed E-state index contributed by atoms with van der Waals surface area (Å²) in [5.74, 6) is 0.0755. The molecule has 0 saturated carbocycles. The van der Waals surface area contributed by atoms with E-state index in [-0.39, 0.29) is 16.7 Å². The van der Waals surface area contributed by atoms with Crippen LogP contribution >= 0.6 is 11.6 Å². The Labute approximate surface area is 149 Å². The summed E-state index contributed by atoms with van der Waals surface area (Å²) in [6, 6.07) is 15.9. The Morgan fingerprint density at radius 1 is 1.16 bits per heavy atom. The van der Waals surface area contributed by atoms with Crippen molar-refractivity contribution in [1.82, 2.24) is 5.43 Å². The van der Waals surface area contributed by atoms with Crippen LogP contribution in [0.4, 0.5) is 0 Å². The fourth-order valence-electron chi connectivity index (χ4n) is 2.39. The number of phenolic OH excluding ortho intramolecular Hbond substituents is 1. The number of benzene rings is 3. The van der Waals surface area contributed by atoms with Crippen LogP contribution < -0.4 is 10.2 Å². The molecule has 5 nitrogen and oxygen atoms in total. The van der Waals surface area contributed by atoms with E-state index in [1.807, 2.05) is 30.3 Å². The lowest BCUT2D eigenvalue weighted by atomic mass is 10.1. The number of ether oxygens (including phenoxy) is 1. The van der Waals surface area contributed by atoms with Crippen LogP contribution in [0.5, 0.6) is 11.5 Å². The van der Waals surface area contributed by atoms with Gasteiger partial charge in [-0.2, -0.15) is 5.10 Å². The van der Waals surface area contributed by atoms with Gasteiger partial charge in [-0.15, -0.1) is 0 Å². The molecule has 126 valence electrons. The summed E-state index contributed by atoms with van der Waals surface area (Å²) in [6.45, 7) is 0. The van der Waals surface area contributed by atoms with Crippen molar-refractivity contribution in [3.05, 3.63) is 70.7 Å². The van der Waals surface area contributed by atoms with Gasteiger partial charge >= 0.3 is 0 Å². The van der Waals surface area contributed by atoms with E-state index in [0.29, 0.717) is 16.9 Å². The first-order valence-electron chi connectivity index (χ1n) is 7.47. The third-order valence-corrected chi connectivity index (χ3v) is 3.97. The number of nitrogens with zero attached hydrogens (tertiary/aromatic N) is 1. The molecule has 25 heavy (non-hydrogen) atoms. The highest BCUT2D eigenvalue weighted by atomic mass is 35.5. The van der Waals surface area contributed by atoms with Crippen LogP contribution in [-0.2, 0) is 0 Å². The van der Waals surface area contributed by atoms with Crippen LogP contribution in [0, 0.1) is 0 Å². The highest BCUT2D eigenvalue weighted by Crippen LogP contribution is 2.26. The van der Waals surface area contributed by atoms with Crippen LogP contribution in [0.1, 0.15) is 15.9 Å². The number of fused-ring (bicyclic) bond motifs is 1. The number of hydrogen-bond donors (Lipinski definition) is 2. The summed E-state index contributed by atoms with van der Waals surface area (Å²) in [5, 5.41) is 15.4. The second-order valence-corrected chi connectivity index (χ2v) is 5.72. The zero-order valence-corrected chi connectivity index (χ0v) is 14.1. The van der Waals surface area contributed by atoms with Crippen molar-refractivity contribution in [3.63, 3.8) is 0 Å². The van der Waals surface area contributed by atoms with Gasteiger partial charge in [-0.3, -0.25) is 4.79 Å². The minimum Gasteiger partial charge on any atom is -0.506 e. The van der Waals surface area contributed by atoms with Gasteiger partial charge in [-0.05, 0) is 46.7 Å². The number of rotatable bonds is 4. The zero-order valence-electron chi connectivity index (χ0n) is 13.4. The summed E-state index contributed by atoms with van der Waals surface area (Å²) >= 11 is 5.83. The summed E-state index contributed by atoms with van der Waals surface area (Å²) in [5.41, 5.74) is 3.50. The topological polar surface area (TPSA) is 70.9 Å². The minimum absolute atomic E-state index is 0.0104. The van der Waals surface area contributed by atoms with E-state index in [1.165, 1.54) is 19.4 Å². The molecule has 3 aromatic carbocycles. The quantitative estimate of drug-likeness (QED) is 0.550. The van der Waals surface area contributed by atoms with Crippen LogP contribution in [0.15, 0.2) is 59.7 Å². The van der Waals surface area contributed by atoms with Crippen LogP contribution in [0.25, 0.3) is 10.8 Å². The summed E-state index contributed by atoms with van der Waals surface area (Å²) in [4.78, 5) is 12.4. The van der Waals surface area contributed by atoms with Crippen molar-refractivity contribution in [3.8, 4) is 11.5 Å². The largest absolute Gasteiger partial charge is 0.506 e. The first-order valence-corrected chi connectivity index (χ1v) is 7.85. The number of phenols is 1. The molecule has 0 heterocycles. The number of amides is 1. The summed E-state index contributed by atoms with van der Waals surface area (Å²) < 4.78 is 5.31. The van der Waals surface area contributed by atoms with Gasteiger partial charge in [0.15, 0.2) is 0 Å². The van der Waals surface area contributed by atoms with Crippen molar-refractivity contribution < 1.29 is 14.6 Å². The van der Waals surface area contributed by atoms with Crippen molar-refractivity contribution in [2.75, 3.05) is 7.11 Å². The fourth-order valence-corrected chi connectivity index (χ4v) is 2.58. The average Bonchev–Trinajstić information content (AvgIpc) is 2.63. The highest BCUT2D eigenvalue weighted by molar-refractivity contribution is 6.32. The molecule has 0 aromatic heterocycles. The smallest absolute Gasteiger partial charge is 0.275 e. The molecule has 0 unspecified atom stereocenters. The van der Waals surface area contributed by atoms with E-state index < -0.39 is 0 Å². The first kappa shape index (κ1) is 16.8. The molecule has 1 amide bonds. The number of nitrogens with one attached hydrogen (secondary N) is 1. The van der Waals surface area contributed by atoms with E-state index in [2.05, 4.69) is 10.5 Å². The Hall–Kier alpha value is -3.05. The van der Waals surface area contributed by atoms with Crippen molar-refractivity contribution in [2.45, 2.75) is 0 Å². The second kappa shape index (κ2) is 7.23. The van der Waals surface area contributed by atoms with E-state index in [1.54, 1.807) is 18.2 Å². The van der Waals surface area contributed by atoms with Gasteiger partial charge in [0.2, 0.25) is 0 Å². The zero-order chi connectivity index (χ0) is 17.8. The maximum absolute atomic E-state index is 12.4. The molecule has 2 N–H and O–H groups in total. The van der Waals surface area contributed by atoms with Gasteiger partial charge in [0.25, 0.3) is 5.91 Å². The van der Waals surface area contributed by atoms with E-state index >= 15 is 0 Å². The lowest BCUT2D eigenvalue weighted by Crippen LogP contribution is -2.18. The number of carbonyl (C=O) groups excluding carboxylic acids is 1. The Kier molecular flexibility index (Phi) is 4.86. The standard InChI is InChI=1S/C19H15ClN2O3/c1-25-18-10-14-5-3-2-4-13(14)9-15(18)19(24)22-21-11-12-6-7-17(23)16(20)8-12/h2-11,23H,1H3,(H,22,24)/b21-11-. The molecule has 0 aliphatic carbocycles. The molecule has 0 radical (unpaired) electrons. The maximum Gasteiger partial charge on any atom is 0.275 e. The molecule has 3 rings (SSSR count). The Balaban J connectivity index is 1.81. The second-order valence-electron chi connectivity index (χ2n) is 5.31. The third-order valence-electron chi connectivity index (χ3n) is 3.66. The maximum atomic E-state index is 12.4. The van der Waals surface area contributed by atoms with Gasteiger partial charge in [-0.1, -0.05) is 35.9 Å². The van der Waals surface area contributed by atoms with Gasteiger partial charge in [0.1, 0.15) is 11.5 Å². The molecule has 0 aliphatic rings. The van der Waals surface area contributed by atoms with Crippen LogP contribution in [0.3, 0.4) is 0 Å². The number of halogens is 1. The molecule has 6 heteroatoms. The molecule has 0 saturated heterocycles. The van der Waals surface area contributed by atoms with E-state index in [4.69, 9.17) is 16.3 Å². The molecular formula is C19H15ClN2O3. The Morgan fingerprint density at radius 2 is 1.88 bits per heavy atom. The number of carbonyl (C=O) groups is 1. The molecule has 0 bridgehead atoms. The SMILES string of the molecule is COc1cc2ccccc2cc1C(=O)N/N=C\c1ccc(O)c(Cl)c1. The van der Waals surface area contributed by atoms with Crippen LogP contribution in [-0.4, -0.2) is 24.3 Å². The van der Waals surface area contributed by atoms with Gasteiger partial charge in [-0.25, -0.2) is 5.43 Å². The predicted octanol–water partition coefficient (Wildman–Crippen LogP) is 3.97. The third kappa shape index (κ3) is 3.72. The van der Waals surface area contributed by atoms with Crippen molar-refractivity contribution in [1.29, 1.82) is 0 Å². The lowest BCUT2D eigenvalue weighted by Gasteiger charge is -2.09. The number of methoxy groups -OCH3 is 1. The van der Waals surface area contributed by atoms with E-state index in [9.17, 15) is 9.90 Å². The Bertz CT molecular complexity index is 970. The molecule has 0 spiro atoms. The fraction of sp³-hybridized carbons (Fsp3) is 0.0526. The van der Waals surface area contributed by atoms with Gasteiger partial charge in [0, 0.05) is 0 Å². The molecule has 0 atom stereocenters. The molecule has 0 aliphatic heterocycles. The summed E-state index contributed by atoms with van der Waals surface area (Å²) in [7, 11) is 1.52. The Morgan fingerprint density at radius 3 is 2.56 bits per heavy atom. The normalized spacial score (nSPS) is 11.0. The van der Waals surface area contributed by atoms with Crippen molar-refractivity contribution in [2.24, 2.45) is 5.10 Å². The molecular weight excluding hydrogens is 340 g/mol. The summed E-state index contributed by atoms with van der Waals surface area (Å²) in [6.07, 6.45) is 1.44. The number of hydrazone groups is 1. The average molecular weight is 355 g/mol. The highest BCUT2D eigenvalue weighted by Gasteiger charge is 2.13. The van der Waals surface area contributed by atoms with E-state index in [0.717, 1.165) is 10.8 Å². The van der Waals surface area contributed by atoms with Crippen molar-refractivity contribution >= 4 is 34.5 Å². The number of hydrogen-bond acceptors (Lipinski definition) is 4. The number of aromatic hydroxyl groups is 1. The van der Waals surface area contributed by atoms with Gasteiger partial charge in [0.05, 0.1) is 23.9 Å². The monoisotopic (exact) mass is 354 g/mol. The molecule has 3 aromatic rings. The predicted molar refractivity (Wildman–Crippen MR) is 98.7 cm³/mol. The molecule has 0 fully saturated rings. The van der Waals surface area contributed by atoms with Crippen LogP contribution in [0.2, 0.25) is 5.02 Å². The van der Waals surface area contributed by atoms with Gasteiger partial charge < -0.3 is 9.84 Å². The first-order chi connectivity index (χ1) is 12.1. The minimum atomic E-state index is -0.385.